The molecule has 2 aromatic rings. The number of nitrogens with two attached hydrogens (primary N) is 1. The number of amides is 1. The first-order valence-electron chi connectivity index (χ1n) is 7.37. The SMILES string of the molecule is NC(=O)[C@@H]1COCCN1c1cc(C(F)(F)F)nc(-c2ccccn2)n1. The Balaban J connectivity index is 2.10. The van der Waals surface area contributed by atoms with Crippen molar-refractivity contribution in [3.05, 3.63) is 36.2 Å². The summed E-state index contributed by atoms with van der Waals surface area (Å²) in [5.74, 6) is -0.929. The van der Waals surface area contributed by atoms with Gasteiger partial charge in [0.2, 0.25) is 5.91 Å². The van der Waals surface area contributed by atoms with E-state index in [9.17, 15) is 18.0 Å². The summed E-state index contributed by atoms with van der Waals surface area (Å²) in [5.41, 5.74) is 4.40. The molecule has 1 fully saturated rings. The minimum Gasteiger partial charge on any atom is -0.377 e. The largest absolute Gasteiger partial charge is 0.433 e. The maximum Gasteiger partial charge on any atom is 0.433 e. The number of aromatic nitrogens is 3. The van der Waals surface area contributed by atoms with E-state index in [1.54, 1.807) is 12.1 Å². The van der Waals surface area contributed by atoms with Crippen molar-refractivity contribution in [3.63, 3.8) is 0 Å². The first kappa shape index (κ1) is 17.1. The van der Waals surface area contributed by atoms with Crippen LogP contribution >= 0.6 is 0 Å². The van der Waals surface area contributed by atoms with Crippen LogP contribution < -0.4 is 10.6 Å². The van der Waals surface area contributed by atoms with Gasteiger partial charge in [0.05, 0.1) is 13.2 Å². The fourth-order valence-electron chi connectivity index (χ4n) is 2.45. The summed E-state index contributed by atoms with van der Waals surface area (Å²) >= 11 is 0. The van der Waals surface area contributed by atoms with Gasteiger partial charge in [-0.1, -0.05) is 6.07 Å². The van der Waals surface area contributed by atoms with Crippen molar-refractivity contribution in [1.82, 2.24) is 15.0 Å². The summed E-state index contributed by atoms with van der Waals surface area (Å²) < 4.78 is 44.9. The Bertz CT molecular complexity index is 770. The predicted molar refractivity (Wildman–Crippen MR) is 81.4 cm³/mol. The number of primary amides is 1. The van der Waals surface area contributed by atoms with Crippen molar-refractivity contribution < 1.29 is 22.7 Å². The molecule has 0 saturated carbocycles. The van der Waals surface area contributed by atoms with E-state index in [1.807, 2.05) is 0 Å². The molecule has 25 heavy (non-hydrogen) atoms. The molecule has 3 rings (SSSR count). The molecule has 0 spiro atoms. The van der Waals surface area contributed by atoms with Gasteiger partial charge in [0.15, 0.2) is 11.5 Å². The molecule has 2 aromatic heterocycles. The van der Waals surface area contributed by atoms with Crippen LogP contribution in [0.3, 0.4) is 0 Å². The first-order valence-corrected chi connectivity index (χ1v) is 7.37. The number of ether oxygens (including phenoxy) is 1. The minimum absolute atomic E-state index is 0.0143. The van der Waals surface area contributed by atoms with Crippen LogP contribution in [0.5, 0.6) is 0 Å². The Morgan fingerprint density at radius 2 is 2.12 bits per heavy atom. The predicted octanol–water partition coefficient (Wildman–Crippen LogP) is 1.25. The number of carbonyl (C=O) groups excluding carboxylic acids is 1. The van der Waals surface area contributed by atoms with Crippen molar-refractivity contribution >= 4 is 11.7 Å². The van der Waals surface area contributed by atoms with Crippen LogP contribution in [0.2, 0.25) is 0 Å². The smallest absolute Gasteiger partial charge is 0.377 e. The lowest BCUT2D eigenvalue weighted by Crippen LogP contribution is -2.53. The van der Waals surface area contributed by atoms with Crippen LogP contribution in [0.4, 0.5) is 19.0 Å². The lowest BCUT2D eigenvalue weighted by atomic mass is 10.2. The molecule has 1 saturated heterocycles. The van der Waals surface area contributed by atoms with Crippen molar-refractivity contribution in [1.29, 1.82) is 0 Å². The molecule has 0 aromatic carbocycles. The van der Waals surface area contributed by atoms with Crippen LogP contribution in [0.25, 0.3) is 11.5 Å². The number of pyridine rings is 1. The molecular formula is C15H14F3N5O2. The number of anilines is 1. The van der Waals surface area contributed by atoms with Crippen molar-refractivity contribution in [2.75, 3.05) is 24.7 Å². The van der Waals surface area contributed by atoms with Crippen molar-refractivity contribution in [2.24, 2.45) is 5.73 Å². The Hall–Kier alpha value is -2.75. The van der Waals surface area contributed by atoms with Gasteiger partial charge in [0, 0.05) is 18.8 Å². The summed E-state index contributed by atoms with van der Waals surface area (Å²) in [6.45, 7) is 0.414. The average Bonchev–Trinajstić information content (AvgIpc) is 2.61. The quantitative estimate of drug-likeness (QED) is 0.892. The summed E-state index contributed by atoms with van der Waals surface area (Å²) in [4.78, 5) is 24.7. The van der Waals surface area contributed by atoms with E-state index in [-0.39, 0.29) is 37.1 Å². The maximum absolute atomic E-state index is 13.2. The maximum atomic E-state index is 13.2. The first-order chi connectivity index (χ1) is 11.9. The summed E-state index contributed by atoms with van der Waals surface area (Å²) in [7, 11) is 0. The van der Waals surface area contributed by atoms with E-state index in [4.69, 9.17) is 10.5 Å². The number of carbonyl (C=O) groups is 1. The van der Waals surface area contributed by atoms with Crippen molar-refractivity contribution in [3.8, 4) is 11.5 Å². The highest BCUT2D eigenvalue weighted by Gasteiger charge is 2.36. The van der Waals surface area contributed by atoms with E-state index in [0.29, 0.717) is 0 Å². The zero-order valence-electron chi connectivity index (χ0n) is 12.9. The van der Waals surface area contributed by atoms with E-state index >= 15 is 0 Å². The lowest BCUT2D eigenvalue weighted by Gasteiger charge is -2.34. The summed E-state index contributed by atoms with van der Waals surface area (Å²) in [6.07, 6.45) is -3.24. The third-order valence-electron chi connectivity index (χ3n) is 3.65. The standard InChI is InChI=1S/C15H14F3N5O2/c16-15(17,18)11-7-12(23-5-6-25-8-10(23)13(19)24)22-14(21-11)9-3-1-2-4-20-9/h1-4,7,10H,5-6,8H2,(H2,19,24)/t10-/m0/s1. The molecule has 132 valence electrons. The molecule has 0 bridgehead atoms. The number of morpholine rings is 1. The zero-order chi connectivity index (χ0) is 18.0. The Kier molecular flexibility index (Phi) is 4.53. The minimum atomic E-state index is -4.67. The molecule has 2 N–H and O–H groups in total. The second kappa shape index (κ2) is 6.63. The van der Waals surface area contributed by atoms with Crippen LogP contribution in [-0.4, -0.2) is 46.7 Å². The zero-order valence-corrected chi connectivity index (χ0v) is 12.9. The highest BCUT2D eigenvalue weighted by atomic mass is 19.4. The molecule has 10 heteroatoms. The monoisotopic (exact) mass is 353 g/mol. The molecule has 7 nitrogen and oxygen atoms in total. The molecule has 1 aliphatic rings. The Labute approximate surface area is 140 Å². The molecule has 1 aliphatic heterocycles. The molecule has 1 amide bonds. The van der Waals surface area contributed by atoms with Crippen molar-refractivity contribution in [2.45, 2.75) is 12.2 Å². The molecule has 0 unspecified atom stereocenters. The molecule has 1 atom stereocenters. The van der Waals surface area contributed by atoms with E-state index < -0.39 is 23.8 Å². The lowest BCUT2D eigenvalue weighted by molar-refractivity contribution is -0.141. The molecule has 0 radical (unpaired) electrons. The topological polar surface area (TPSA) is 94.2 Å². The van der Waals surface area contributed by atoms with Gasteiger partial charge in [-0.2, -0.15) is 13.2 Å². The van der Waals surface area contributed by atoms with Crippen LogP contribution in [-0.2, 0) is 15.7 Å². The van der Waals surface area contributed by atoms with Gasteiger partial charge in [0.1, 0.15) is 17.6 Å². The number of rotatable bonds is 3. The normalized spacial score (nSPS) is 18.2. The Morgan fingerprint density at radius 1 is 1.32 bits per heavy atom. The van der Waals surface area contributed by atoms with Gasteiger partial charge in [0.25, 0.3) is 0 Å². The molecular weight excluding hydrogens is 339 g/mol. The van der Waals surface area contributed by atoms with Gasteiger partial charge >= 0.3 is 6.18 Å². The summed E-state index contributed by atoms with van der Waals surface area (Å²) in [5, 5.41) is 0. The highest BCUT2D eigenvalue weighted by molar-refractivity contribution is 5.83. The van der Waals surface area contributed by atoms with Gasteiger partial charge in [-0.25, -0.2) is 9.97 Å². The average molecular weight is 353 g/mol. The summed E-state index contributed by atoms with van der Waals surface area (Å²) in [6, 6.07) is 4.65. The fraction of sp³-hybridized carbons (Fsp3) is 0.333. The molecule has 3 heterocycles. The second-order valence-corrected chi connectivity index (χ2v) is 5.33. The number of halogens is 3. The Morgan fingerprint density at radius 3 is 2.76 bits per heavy atom. The fourth-order valence-corrected chi connectivity index (χ4v) is 2.45. The third-order valence-corrected chi connectivity index (χ3v) is 3.65. The van der Waals surface area contributed by atoms with Crippen LogP contribution in [0.15, 0.2) is 30.5 Å². The van der Waals surface area contributed by atoms with Gasteiger partial charge in [-0.05, 0) is 12.1 Å². The molecule has 0 aliphatic carbocycles. The van der Waals surface area contributed by atoms with Gasteiger partial charge in [-0.3, -0.25) is 9.78 Å². The number of nitrogens with zero attached hydrogens (tertiary/aromatic N) is 4. The van der Waals surface area contributed by atoms with E-state index in [2.05, 4.69) is 15.0 Å². The number of hydrogen-bond donors (Lipinski definition) is 1. The third kappa shape index (κ3) is 3.68. The van der Waals surface area contributed by atoms with E-state index in [0.717, 1.165) is 6.07 Å². The van der Waals surface area contributed by atoms with Crippen LogP contribution in [0.1, 0.15) is 5.69 Å². The van der Waals surface area contributed by atoms with Gasteiger partial charge in [-0.15, -0.1) is 0 Å². The van der Waals surface area contributed by atoms with Crippen LogP contribution in [0, 0.1) is 0 Å². The van der Waals surface area contributed by atoms with E-state index in [1.165, 1.54) is 17.2 Å². The number of alkyl halides is 3. The number of hydrogen-bond acceptors (Lipinski definition) is 6. The van der Waals surface area contributed by atoms with Gasteiger partial charge < -0.3 is 15.4 Å². The highest BCUT2D eigenvalue weighted by Crippen LogP contribution is 2.32. The second-order valence-electron chi connectivity index (χ2n) is 5.33.